The molecular weight excluding hydrogens is 350 g/mol. The number of aryl methyl sites for hydroxylation is 1. The number of fused-ring (bicyclic) bond motifs is 1. The van der Waals surface area contributed by atoms with Gasteiger partial charge in [-0.2, -0.15) is 0 Å². The van der Waals surface area contributed by atoms with Gasteiger partial charge in [0.05, 0.1) is 11.9 Å². The van der Waals surface area contributed by atoms with Crippen LogP contribution in [0.1, 0.15) is 11.1 Å². The molecule has 0 fully saturated rings. The molecule has 0 aliphatic carbocycles. The Morgan fingerprint density at radius 2 is 1.81 bits per heavy atom. The SMILES string of the molecule is CNC(=O)Cc1ccc(NS(=O)(=O)c2c(C)ccc3cccnc23)cc1. The summed E-state index contributed by atoms with van der Waals surface area (Å²) >= 11 is 0. The Balaban J connectivity index is 1.93. The zero-order valence-corrected chi connectivity index (χ0v) is 15.3. The smallest absolute Gasteiger partial charge is 0.264 e. The second-order valence-corrected chi connectivity index (χ2v) is 7.56. The van der Waals surface area contributed by atoms with Crippen molar-refractivity contribution in [1.82, 2.24) is 10.3 Å². The first-order chi connectivity index (χ1) is 12.4. The average Bonchev–Trinajstić information content (AvgIpc) is 2.62. The second-order valence-electron chi connectivity index (χ2n) is 5.94. The van der Waals surface area contributed by atoms with Gasteiger partial charge in [-0.25, -0.2) is 8.42 Å². The van der Waals surface area contributed by atoms with Crippen molar-refractivity contribution in [3.8, 4) is 0 Å². The summed E-state index contributed by atoms with van der Waals surface area (Å²) in [7, 11) is -2.23. The number of carbonyl (C=O) groups excluding carboxylic acids is 1. The molecule has 0 aliphatic rings. The maximum absolute atomic E-state index is 12.9. The monoisotopic (exact) mass is 369 g/mol. The molecule has 0 unspecified atom stereocenters. The molecule has 0 radical (unpaired) electrons. The number of nitrogens with zero attached hydrogens (tertiary/aromatic N) is 1. The van der Waals surface area contributed by atoms with E-state index in [0.29, 0.717) is 16.8 Å². The average molecular weight is 369 g/mol. The van der Waals surface area contributed by atoms with Crippen molar-refractivity contribution in [2.45, 2.75) is 18.2 Å². The number of aromatic nitrogens is 1. The van der Waals surface area contributed by atoms with Gasteiger partial charge >= 0.3 is 0 Å². The van der Waals surface area contributed by atoms with Crippen molar-refractivity contribution in [2.24, 2.45) is 0 Å². The third kappa shape index (κ3) is 3.67. The summed E-state index contributed by atoms with van der Waals surface area (Å²) in [4.78, 5) is 15.8. The maximum Gasteiger partial charge on any atom is 0.264 e. The van der Waals surface area contributed by atoms with Crippen LogP contribution in [0.2, 0.25) is 0 Å². The van der Waals surface area contributed by atoms with Crippen LogP contribution in [0.3, 0.4) is 0 Å². The highest BCUT2D eigenvalue weighted by atomic mass is 32.2. The molecule has 0 saturated carbocycles. The first-order valence-corrected chi connectivity index (χ1v) is 9.56. The summed E-state index contributed by atoms with van der Waals surface area (Å²) in [5.74, 6) is -0.101. The lowest BCUT2D eigenvalue weighted by Gasteiger charge is -2.13. The summed E-state index contributed by atoms with van der Waals surface area (Å²) in [5, 5.41) is 3.32. The molecule has 2 aromatic carbocycles. The summed E-state index contributed by atoms with van der Waals surface area (Å²) in [6.45, 7) is 1.75. The van der Waals surface area contributed by atoms with Crippen molar-refractivity contribution >= 4 is 32.5 Å². The van der Waals surface area contributed by atoms with E-state index < -0.39 is 10.0 Å². The Morgan fingerprint density at radius 3 is 2.50 bits per heavy atom. The van der Waals surface area contributed by atoms with Gasteiger partial charge in [0.15, 0.2) is 0 Å². The number of pyridine rings is 1. The van der Waals surface area contributed by atoms with Gasteiger partial charge in [0, 0.05) is 24.3 Å². The van der Waals surface area contributed by atoms with E-state index in [4.69, 9.17) is 0 Å². The highest BCUT2D eigenvalue weighted by Crippen LogP contribution is 2.26. The van der Waals surface area contributed by atoms with E-state index in [9.17, 15) is 13.2 Å². The molecule has 3 aromatic rings. The van der Waals surface area contributed by atoms with E-state index in [2.05, 4.69) is 15.0 Å². The molecule has 1 aromatic heterocycles. The first kappa shape index (κ1) is 17.9. The van der Waals surface area contributed by atoms with Crippen LogP contribution < -0.4 is 10.0 Å². The Hall–Kier alpha value is -2.93. The van der Waals surface area contributed by atoms with E-state index in [1.54, 1.807) is 56.6 Å². The third-order valence-corrected chi connectivity index (χ3v) is 5.60. The Morgan fingerprint density at radius 1 is 1.08 bits per heavy atom. The number of rotatable bonds is 5. The van der Waals surface area contributed by atoms with Crippen molar-refractivity contribution in [3.63, 3.8) is 0 Å². The summed E-state index contributed by atoms with van der Waals surface area (Å²) < 4.78 is 28.5. The van der Waals surface area contributed by atoms with E-state index in [1.807, 2.05) is 12.1 Å². The number of hydrogen-bond acceptors (Lipinski definition) is 4. The minimum Gasteiger partial charge on any atom is -0.359 e. The topological polar surface area (TPSA) is 88.2 Å². The highest BCUT2D eigenvalue weighted by Gasteiger charge is 2.21. The summed E-state index contributed by atoms with van der Waals surface area (Å²) in [5.41, 5.74) is 2.30. The fourth-order valence-corrected chi connectivity index (χ4v) is 4.19. The molecule has 1 amide bonds. The Kier molecular flexibility index (Phi) is 4.90. The molecule has 0 aliphatic heterocycles. The van der Waals surface area contributed by atoms with Crippen LogP contribution >= 0.6 is 0 Å². The molecule has 134 valence electrons. The summed E-state index contributed by atoms with van der Waals surface area (Å²) in [6.07, 6.45) is 1.82. The molecule has 2 N–H and O–H groups in total. The maximum atomic E-state index is 12.9. The van der Waals surface area contributed by atoms with Gasteiger partial charge in [0.25, 0.3) is 10.0 Å². The standard InChI is InChI=1S/C19H19N3O3S/c1-13-5-8-15-4-3-11-21-18(15)19(13)26(24,25)22-16-9-6-14(7-10-16)12-17(23)20-2/h3-11,22H,12H2,1-2H3,(H,20,23). The van der Waals surface area contributed by atoms with Crippen LogP contribution in [0.15, 0.2) is 59.6 Å². The van der Waals surface area contributed by atoms with Crippen LogP contribution in [-0.2, 0) is 21.2 Å². The number of benzene rings is 2. The lowest BCUT2D eigenvalue weighted by Crippen LogP contribution is -2.20. The van der Waals surface area contributed by atoms with Crippen LogP contribution in [0.4, 0.5) is 5.69 Å². The number of hydrogen-bond donors (Lipinski definition) is 2. The molecule has 0 saturated heterocycles. The summed E-state index contributed by atoms with van der Waals surface area (Å²) in [6, 6.07) is 14.0. The molecule has 1 heterocycles. The highest BCUT2D eigenvalue weighted by molar-refractivity contribution is 7.93. The molecule has 7 heteroatoms. The van der Waals surface area contributed by atoms with Crippen LogP contribution in [-0.4, -0.2) is 26.4 Å². The number of sulfonamides is 1. The number of anilines is 1. The first-order valence-electron chi connectivity index (χ1n) is 8.07. The van der Waals surface area contributed by atoms with Gasteiger partial charge in [-0.05, 0) is 36.2 Å². The number of carbonyl (C=O) groups is 1. The van der Waals surface area contributed by atoms with E-state index in [-0.39, 0.29) is 17.2 Å². The molecule has 0 spiro atoms. The van der Waals surface area contributed by atoms with E-state index in [0.717, 1.165) is 10.9 Å². The fourth-order valence-electron chi connectivity index (χ4n) is 2.73. The molecule has 6 nitrogen and oxygen atoms in total. The molecule has 26 heavy (non-hydrogen) atoms. The number of amides is 1. The van der Waals surface area contributed by atoms with Crippen molar-refractivity contribution in [2.75, 3.05) is 11.8 Å². The van der Waals surface area contributed by atoms with Crippen molar-refractivity contribution < 1.29 is 13.2 Å². The minimum atomic E-state index is -3.80. The van der Waals surface area contributed by atoms with Gasteiger partial charge in [0.1, 0.15) is 4.90 Å². The largest absolute Gasteiger partial charge is 0.359 e. The van der Waals surface area contributed by atoms with Gasteiger partial charge in [-0.1, -0.05) is 30.3 Å². The quantitative estimate of drug-likeness (QED) is 0.724. The lowest BCUT2D eigenvalue weighted by atomic mass is 10.1. The Bertz CT molecular complexity index is 1060. The van der Waals surface area contributed by atoms with Crippen molar-refractivity contribution in [3.05, 3.63) is 65.9 Å². The van der Waals surface area contributed by atoms with Gasteiger partial charge in [-0.15, -0.1) is 0 Å². The fraction of sp³-hybridized carbons (Fsp3) is 0.158. The molecule has 0 atom stereocenters. The zero-order valence-electron chi connectivity index (χ0n) is 14.5. The number of likely N-dealkylation sites (N-methyl/N-ethyl adjacent to an activating group) is 1. The lowest BCUT2D eigenvalue weighted by molar-refractivity contribution is -0.119. The van der Waals surface area contributed by atoms with Gasteiger partial charge in [0.2, 0.25) is 5.91 Å². The molecule has 0 bridgehead atoms. The predicted octanol–water partition coefficient (Wildman–Crippen LogP) is 2.63. The predicted molar refractivity (Wildman–Crippen MR) is 102 cm³/mol. The zero-order chi connectivity index (χ0) is 18.7. The second kappa shape index (κ2) is 7.13. The van der Waals surface area contributed by atoms with Crippen molar-refractivity contribution in [1.29, 1.82) is 0 Å². The van der Waals surface area contributed by atoms with Gasteiger partial charge < -0.3 is 5.32 Å². The van der Waals surface area contributed by atoms with Crippen LogP contribution in [0.25, 0.3) is 10.9 Å². The van der Waals surface area contributed by atoms with E-state index in [1.165, 1.54) is 0 Å². The normalized spacial score (nSPS) is 11.3. The van der Waals surface area contributed by atoms with Crippen LogP contribution in [0.5, 0.6) is 0 Å². The Labute approximate surface area is 152 Å². The molecule has 3 rings (SSSR count). The van der Waals surface area contributed by atoms with E-state index >= 15 is 0 Å². The third-order valence-electron chi connectivity index (χ3n) is 4.04. The van der Waals surface area contributed by atoms with Crippen LogP contribution in [0, 0.1) is 6.92 Å². The molecular formula is C19H19N3O3S. The number of nitrogens with one attached hydrogen (secondary N) is 2. The van der Waals surface area contributed by atoms with Gasteiger partial charge in [-0.3, -0.25) is 14.5 Å². The minimum absolute atomic E-state index is 0.101.